The van der Waals surface area contributed by atoms with Gasteiger partial charge < -0.3 is 5.11 Å². The SMILES string of the molecule is CC1CCCN(Cc2cccc(C#CCO)c2)C1. The van der Waals surface area contributed by atoms with Crippen molar-refractivity contribution in [1.82, 2.24) is 4.90 Å². The third-order valence-corrected chi connectivity index (χ3v) is 3.39. The molecule has 0 bridgehead atoms. The maximum atomic E-state index is 8.71. The summed E-state index contributed by atoms with van der Waals surface area (Å²) < 4.78 is 0. The first-order valence-electron chi connectivity index (χ1n) is 6.69. The third-order valence-electron chi connectivity index (χ3n) is 3.39. The Morgan fingerprint density at radius 2 is 2.33 bits per heavy atom. The summed E-state index contributed by atoms with van der Waals surface area (Å²) in [6, 6.07) is 8.32. The molecule has 1 fully saturated rings. The molecule has 1 unspecified atom stereocenters. The van der Waals surface area contributed by atoms with Crippen LogP contribution in [-0.2, 0) is 6.54 Å². The average molecular weight is 243 g/mol. The molecule has 1 aliphatic heterocycles. The predicted octanol–water partition coefficient (Wildman–Crippen LogP) is 2.26. The van der Waals surface area contributed by atoms with Crippen LogP contribution in [0.15, 0.2) is 24.3 Å². The van der Waals surface area contributed by atoms with Gasteiger partial charge in [0.1, 0.15) is 6.61 Å². The summed E-state index contributed by atoms with van der Waals surface area (Å²) in [7, 11) is 0. The van der Waals surface area contributed by atoms with Gasteiger partial charge in [-0.25, -0.2) is 0 Å². The van der Waals surface area contributed by atoms with Crippen LogP contribution < -0.4 is 0 Å². The van der Waals surface area contributed by atoms with E-state index in [1.165, 1.54) is 31.5 Å². The lowest BCUT2D eigenvalue weighted by molar-refractivity contribution is 0.176. The van der Waals surface area contributed by atoms with Crippen LogP contribution in [0.5, 0.6) is 0 Å². The predicted molar refractivity (Wildman–Crippen MR) is 74.1 cm³/mol. The highest BCUT2D eigenvalue weighted by molar-refractivity contribution is 5.37. The number of hydrogen-bond donors (Lipinski definition) is 1. The molecule has 1 atom stereocenters. The van der Waals surface area contributed by atoms with Gasteiger partial charge >= 0.3 is 0 Å². The molecule has 1 N–H and O–H groups in total. The number of piperidine rings is 1. The van der Waals surface area contributed by atoms with E-state index in [9.17, 15) is 0 Å². The van der Waals surface area contributed by atoms with E-state index in [1.807, 2.05) is 12.1 Å². The van der Waals surface area contributed by atoms with Crippen LogP contribution in [0, 0.1) is 17.8 Å². The molecule has 0 radical (unpaired) electrons. The molecule has 0 amide bonds. The van der Waals surface area contributed by atoms with Gasteiger partial charge in [0.15, 0.2) is 0 Å². The number of aliphatic hydroxyl groups is 1. The van der Waals surface area contributed by atoms with E-state index in [1.54, 1.807) is 0 Å². The topological polar surface area (TPSA) is 23.5 Å². The summed E-state index contributed by atoms with van der Waals surface area (Å²) in [6.07, 6.45) is 2.67. The van der Waals surface area contributed by atoms with Crippen LogP contribution in [0.2, 0.25) is 0 Å². The van der Waals surface area contributed by atoms with Gasteiger partial charge in [-0.3, -0.25) is 4.90 Å². The van der Waals surface area contributed by atoms with Gasteiger partial charge in [0.2, 0.25) is 0 Å². The van der Waals surface area contributed by atoms with Crippen molar-refractivity contribution in [2.75, 3.05) is 19.7 Å². The minimum absolute atomic E-state index is 0.0755. The zero-order chi connectivity index (χ0) is 12.8. The fourth-order valence-electron chi connectivity index (χ4n) is 2.58. The van der Waals surface area contributed by atoms with Crippen molar-refractivity contribution < 1.29 is 5.11 Å². The molecule has 2 heteroatoms. The van der Waals surface area contributed by atoms with E-state index in [0.29, 0.717) is 0 Å². The van der Waals surface area contributed by atoms with Gasteiger partial charge in [0.05, 0.1) is 0 Å². The first-order chi connectivity index (χ1) is 8.78. The van der Waals surface area contributed by atoms with E-state index in [-0.39, 0.29) is 6.61 Å². The van der Waals surface area contributed by atoms with Crippen LogP contribution in [0.25, 0.3) is 0 Å². The van der Waals surface area contributed by atoms with Gasteiger partial charge in [0.25, 0.3) is 0 Å². The Kier molecular flexibility index (Phi) is 4.81. The zero-order valence-electron chi connectivity index (χ0n) is 11.0. The quantitative estimate of drug-likeness (QED) is 0.805. The maximum absolute atomic E-state index is 8.71. The first-order valence-corrected chi connectivity index (χ1v) is 6.69. The minimum Gasteiger partial charge on any atom is -0.384 e. The largest absolute Gasteiger partial charge is 0.384 e. The Balaban J connectivity index is 2.00. The first kappa shape index (κ1) is 13.1. The molecule has 1 aromatic carbocycles. The highest BCUT2D eigenvalue weighted by Gasteiger charge is 2.15. The lowest BCUT2D eigenvalue weighted by Gasteiger charge is -2.30. The van der Waals surface area contributed by atoms with Crippen LogP contribution in [-0.4, -0.2) is 29.7 Å². The molecule has 96 valence electrons. The summed E-state index contributed by atoms with van der Waals surface area (Å²) in [4.78, 5) is 2.52. The second-order valence-electron chi connectivity index (χ2n) is 5.14. The summed E-state index contributed by atoms with van der Waals surface area (Å²) in [5.41, 5.74) is 2.31. The normalized spacial score (nSPS) is 20.2. The molecular weight excluding hydrogens is 222 g/mol. The second kappa shape index (κ2) is 6.58. The fourth-order valence-corrected chi connectivity index (χ4v) is 2.58. The number of hydrogen-bond acceptors (Lipinski definition) is 2. The van der Waals surface area contributed by atoms with Crippen LogP contribution in [0.4, 0.5) is 0 Å². The standard InChI is InChI=1S/C16H21NO/c1-14-5-3-9-17(12-14)13-16-7-2-6-15(11-16)8-4-10-18/h2,6-7,11,14,18H,3,5,9-10,12-13H2,1H3. The Hall–Kier alpha value is -1.30. The Labute approximate surface area is 110 Å². The van der Waals surface area contributed by atoms with Crippen molar-refractivity contribution in [3.05, 3.63) is 35.4 Å². The molecule has 0 aliphatic carbocycles. The molecule has 0 saturated carbocycles. The Morgan fingerprint density at radius 3 is 3.11 bits per heavy atom. The number of rotatable bonds is 2. The second-order valence-corrected chi connectivity index (χ2v) is 5.14. The number of aliphatic hydroxyl groups excluding tert-OH is 1. The fraction of sp³-hybridized carbons (Fsp3) is 0.500. The summed E-state index contributed by atoms with van der Waals surface area (Å²) in [5.74, 6) is 6.47. The molecule has 2 nitrogen and oxygen atoms in total. The molecule has 0 spiro atoms. The van der Waals surface area contributed by atoms with Gasteiger partial charge in [-0.05, 0) is 43.0 Å². The molecule has 0 aromatic heterocycles. The number of nitrogens with zero attached hydrogens (tertiary/aromatic N) is 1. The van der Waals surface area contributed by atoms with Crippen LogP contribution in [0.3, 0.4) is 0 Å². The molecule has 18 heavy (non-hydrogen) atoms. The number of benzene rings is 1. The van der Waals surface area contributed by atoms with Crippen molar-refractivity contribution >= 4 is 0 Å². The molecule has 1 saturated heterocycles. The van der Waals surface area contributed by atoms with Crippen LogP contribution >= 0.6 is 0 Å². The summed E-state index contributed by atoms with van der Waals surface area (Å²) in [6.45, 7) is 5.67. The van der Waals surface area contributed by atoms with Gasteiger partial charge in [-0.1, -0.05) is 30.9 Å². The summed E-state index contributed by atoms with van der Waals surface area (Å²) >= 11 is 0. The lowest BCUT2D eigenvalue weighted by atomic mass is 9.99. The monoisotopic (exact) mass is 243 g/mol. The summed E-state index contributed by atoms with van der Waals surface area (Å²) in [5, 5.41) is 8.71. The van der Waals surface area contributed by atoms with E-state index >= 15 is 0 Å². The smallest absolute Gasteiger partial charge is 0.104 e. The highest BCUT2D eigenvalue weighted by atomic mass is 16.2. The van der Waals surface area contributed by atoms with Gasteiger partial charge in [0, 0.05) is 18.7 Å². The van der Waals surface area contributed by atoms with E-state index in [0.717, 1.165) is 18.0 Å². The Morgan fingerprint density at radius 1 is 1.44 bits per heavy atom. The zero-order valence-corrected chi connectivity index (χ0v) is 11.0. The molecule has 1 aromatic rings. The van der Waals surface area contributed by atoms with Crippen molar-refractivity contribution in [2.24, 2.45) is 5.92 Å². The van der Waals surface area contributed by atoms with Gasteiger partial charge in [-0.2, -0.15) is 0 Å². The van der Waals surface area contributed by atoms with Crippen molar-refractivity contribution in [2.45, 2.75) is 26.3 Å². The maximum Gasteiger partial charge on any atom is 0.104 e. The minimum atomic E-state index is -0.0755. The molecule has 1 aliphatic rings. The van der Waals surface area contributed by atoms with Crippen molar-refractivity contribution in [1.29, 1.82) is 0 Å². The average Bonchev–Trinajstić information content (AvgIpc) is 2.37. The number of likely N-dealkylation sites (tertiary alicyclic amines) is 1. The van der Waals surface area contributed by atoms with Gasteiger partial charge in [-0.15, -0.1) is 0 Å². The molecule has 1 heterocycles. The highest BCUT2D eigenvalue weighted by Crippen LogP contribution is 2.18. The van der Waals surface area contributed by atoms with Crippen molar-refractivity contribution in [3.8, 4) is 11.8 Å². The van der Waals surface area contributed by atoms with Crippen molar-refractivity contribution in [3.63, 3.8) is 0 Å². The van der Waals surface area contributed by atoms with E-state index < -0.39 is 0 Å². The van der Waals surface area contributed by atoms with E-state index in [4.69, 9.17) is 5.11 Å². The lowest BCUT2D eigenvalue weighted by Crippen LogP contribution is -2.33. The van der Waals surface area contributed by atoms with Crippen LogP contribution in [0.1, 0.15) is 30.9 Å². The Bertz CT molecular complexity index is 444. The molecule has 2 rings (SSSR count). The molecular formula is C16H21NO. The third kappa shape index (κ3) is 3.87. The van der Waals surface area contributed by atoms with E-state index in [2.05, 4.69) is 35.8 Å².